The minimum atomic E-state index is -4.44. The van der Waals surface area contributed by atoms with Gasteiger partial charge in [-0.15, -0.1) is 0 Å². The highest BCUT2D eigenvalue weighted by Crippen LogP contribution is 2.31. The van der Waals surface area contributed by atoms with E-state index in [0.717, 1.165) is 12.1 Å². The van der Waals surface area contributed by atoms with E-state index < -0.39 is 17.6 Å². The van der Waals surface area contributed by atoms with Gasteiger partial charge >= 0.3 is 6.18 Å². The highest BCUT2D eigenvalue weighted by Gasteiger charge is 2.30. The number of fused-ring (bicyclic) bond motifs is 1. The van der Waals surface area contributed by atoms with E-state index in [9.17, 15) is 18.0 Å². The second-order valence-corrected chi connectivity index (χ2v) is 4.40. The third-order valence-corrected chi connectivity index (χ3v) is 2.89. The van der Waals surface area contributed by atoms with Gasteiger partial charge in [0.25, 0.3) is 5.91 Å². The SMILES string of the molecule is O=C(Nc1nc2ccc(C(F)(F)F)cc2[nH]1)c1ccnnc1. The first kappa shape index (κ1) is 14.0. The maximum atomic E-state index is 12.6. The molecule has 1 amide bonds. The zero-order chi connectivity index (χ0) is 15.7. The first-order valence-electron chi connectivity index (χ1n) is 6.08. The standard InChI is InChI=1S/C13H8F3N5O/c14-13(15,16)8-1-2-9-10(5-8)20-12(19-9)21-11(22)7-3-4-17-18-6-7/h1-6H,(H2,19,20,21,22). The summed E-state index contributed by atoms with van der Waals surface area (Å²) in [6.45, 7) is 0. The number of anilines is 1. The zero-order valence-electron chi connectivity index (χ0n) is 10.8. The molecule has 0 saturated heterocycles. The molecule has 0 fully saturated rings. The number of hydrogen-bond acceptors (Lipinski definition) is 4. The van der Waals surface area contributed by atoms with Gasteiger partial charge in [0.2, 0.25) is 5.95 Å². The van der Waals surface area contributed by atoms with Crippen LogP contribution in [0.2, 0.25) is 0 Å². The highest BCUT2D eigenvalue weighted by atomic mass is 19.4. The van der Waals surface area contributed by atoms with E-state index in [4.69, 9.17) is 0 Å². The average Bonchev–Trinajstić information content (AvgIpc) is 2.88. The van der Waals surface area contributed by atoms with Gasteiger partial charge in [-0.2, -0.15) is 23.4 Å². The molecule has 2 aromatic heterocycles. The molecule has 6 nitrogen and oxygen atoms in total. The van der Waals surface area contributed by atoms with E-state index in [1.807, 2.05) is 0 Å². The molecule has 0 atom stereocenters. The molecule has 0 unspecified atom stereocenters. The normalized spacial score (nSPS) is 11.6. The lowest BCUT2D eigenvalue weighted by atomic mass is 10.2. The number of aromatic nitrogens is 4. The summed E-state index contributed by atoms with van der Waals surface area (Å²) in [4.78, 5) is 18.5. The monoisotopic (exact) mass is 307 g/mol. The number of aromatic amines is 1. The number of nitrogens with one attached hydrogen (secondary N) is 2. The molecular weight excluding hydrogens is 299 g/mol. The number of benzene rings is 1. The summed E-state index contributed by atoms with van der Waals surface area (Å²) in [5, 5.41) is 9.56. The molecule has 9 heteroatoms. The molecule has 0 aliphatic rings. The number of hydrogen-bond donors (Lipinski definition) is 2. The van der Waals surface area contributed by atoms with E-state index in [-0.39, 0.29) is 17.0 Å². The maximum Gasteiger partial charge on any atom is 0.416 e. The van der Waals surface area contributed by atoms with E-state index in [1.165, 1.54) is 24.5 Å². The molecule has 2 heterocycles. The van der Waals surface area contributed by atoms with Crippen molar-refractivity contribution in [3.8, 4) is 0 Å². The predicted octanol–water partition coefficient (Wildman–Crippen LogP) is 2.62. The van der Waals surface area contributed by atoms with Gasteiger partial charge in [-0.25, -0.2) is 4.98 Å². The summed E-state index contributed by atoms with van der Waals surface area (Å²) in [5.41, 5.74) is -0.0413. The van der Waals surface area contributed by atoms with Gasteiger partial charge in [-0.1, -0.05) is 0 Å². The Morgan fingerprint density at radius 1 is 1.18 bits per heavy atom. The van der Waals surface area contributed by atoms with Gasteiger partial charge in [0.15, 0.2) is 0 Å². The van der Waals surface area contributed by atoms with E-state index in [1.54, 1.807) is 0 Å². The minimum Gasteiger partial charge on any atom is -0.324 e. The molecule has 0 saturated carbocycles. The van der Waals surface area contributed by atoms with Crippen molar-refractivity contribution in [1.29, 1.82) is 0 Å². The number of imidazole rings is 1. The zero-order valence-corrected chi connectivity index (χ0v) is 10.8. The van der Waals surface area contributed by atoms with Crippen molar-refractivity contribution in [2.45, 2.75) is 6.18 Å². The van der Waals surface area contributed by atoms with E-state index >= 15 is 0 Å². The molecule has 0 spiro atoms. The van der Waals surface area contributed by atoms with Crippen LogP contribution in [0.5, 0.6) is 0 Å². The molecule has 0 aliphatic heterocycles. The number of alkyl halides is 3. The van der Waals surface area contributed by atoms with Gasteiger partial charge in [0, 0.05) is 0 Å². The van der Waals surface area contributed by atoms with Gasteiger partial charge in [-0.05, 0) is 24.3 Å². The number of H-pyrrole nitrogens is 1. The van der Waals surface area contributed by atoms with Crippen LogP contribution in [0.3, 0.4) is 0 Å². The van der Waals surface area contributed by atoms with Crippen LogP contribution < -0.4 is 5.32 Å². The molecule has 3 aromatic rings. The maximum absolute atomic E-state index is 12.6. The van der Waals surface area contributed by atoms with Crippen molar-refractivity contribution >= 4 is 22.9 Å². The third-order valence-electron chi connectivity index (χ3n) is 2.89. The Bertz CT molecular complexity index is 829. The lowest BCUT2D eigenvalue weighted by molar-refractivity contribution is -0.137. The summed E-state index contributed by atoms with van der Waals surface area (Å²) in [5.74, 6) is -0.443. The van der Waals surface area contributed by atoms with Crippen LogP contribution in [0.25, 0.3) is 11.0 Å². The molecule has 0 bridgehead atoms. The second-order valence-electron chi connectivity index (χ2n) is 4.40. The molecule has 22 heavy (non-hydrogen) atoms. The lowest BCUT2D eigenvalue weighted by Crippen LogP contribution is -2.13. The van der Waals surface area contributed by atoms with Crippen LogP contribution in [0.15, 0.2) is 36.7 Å². The fourth-order valence-corrected chi connectivity index (χ4v) is 1.85. The quantitative estimate of drug-likeness (QED) is 0.762. The molecule has 0 radical (unpaired) electrons. The first-order valence-corrected chi connectivity index (χ1v) is 6.08. The number of rotatable bonds is 2. The van der Waals surface area contributed by atoms with Crippen molar-refractivity contribution in [2.75, 3.05) is 5.32 Å². The number of amides is 1. The van der Waals surface area contributed by atoms with Crippen LogP contribution in [-0.4, -0.2) is 26.1 Å². The van der Waals surface area contributed by atoms with Crippen LogP contribution >= 0.6 is 0 Å². The van der Waals surface area contributed by atoms with Crippen molar-refractivity contribution < 1.29 is 18.0 Å². The van der Waals surface area contributed by atoms with Gasteiger partial charge in [0.1, 0.15) is 0 Å². The number of carbonyl (C=O) groups excluding carboxylic acids is 1. The van der Waals surface area contributed by atoms with Gasteiger partial charge in [0.05, 0.1) is 34.6 Å². The smallest absolute Gasteiger partial charge is 0.324 e. The second kappa shape index (κ2) is 5.10. The Morgan fingerprint density at radius 2 is 2.00 bits per heavy atom. The predicted molar refractivity (Wildman–Crippen MR) is 71.1 cm³/mol. The number of nitrogens with zero attached hydrogens (tertiary/aromatic N) is 3. The summed E-state index contributed by atoms with van der Waals surface area (Å²) >= 11 is 0. The Hall–Kier alpha value is -2.97. The van der Waals surface area contributed by atoms with Crippen LogP contribution in [0, 0.1) is 0 Å². The molecule has 112 valence electrons. The largest absolute Gasteiger partial charge is 0.416 e. The summed E-state index contributed by atoms with van der Waals surface area (Å²) in [6, 6.07) is 4.55. The van der Waals surface area contributed by atoms with Crippen LogP contribution in [-0.2, 0) is 6.18 Å². The fraction of sp³-hybridized carbons (Fsp3) is 0.0769. The summed E-state index contributed by atoms with van der Waals surface area (Å²) < 4.78 is 37.9. The van der Waals surface area contributed by atoms with Gasteiger partial charge in [-0.3, -0.25) is 10.1 Å². The summed E-state index contributed by atoms with van der Waals surface area (Å²) in [7, 11) is 0. The highest BCUT2D eigenvalue weighted by molar-refractivity contribution is 6.03. The van der Waals surface area contributed by atoms with Crippen molar-refractivity contribution in [3.05, 3.63) is 47.8 Å². The Morgan fingerprint density at radius 3 is 2.68 bits per heavy atom. The van der Waals surface area contributed by atoms with E-state index in [0.29, 0.717) is 5.52 Å². The van der Waals surface area contributed by atoms with Crippen molar-refractivity contribution in [1.82, 2.24) is 20.2 Å². The molecular formula is C13H8F3N5O. The number of halogens is 3. The van der Waals surface area contributed by atoms with Crippen molar-refractivity contribution in [2.24, 2.45) is 0 Å². The molecule has 3 rings (SSSR count). The molecule has 2 N–H and O–H groups in total. The topological polar surface area (TPSA) is 83.6 Å². The Kier molecular flexibility index (Phi) is 3.24. The van der Waals surface area contributed by atoms with E-state index in [2.05, 4.69) is 25.5 Å². The van der Waals surface area contributed by atoms with Crippen LogP contribution in [0.4, 0.5) is 19.1 Å². The lowest BCUT2D eigenvalue weighted by Gasteiger charge is -2.05. The molecule has 1 aromatic carbocycles. The fourth-order valence-electron chi connectivity index (χ4n) is 1.85. The minimum absolute atomic E-state index is 0.0520. The number of carbonyl (C=O) groups is 1. The Labute approximate surface area is 121 Å². The first-order chi connectivity index (χ1) is 10.4. The average molecular weight is 307 g/mol. The van der Waals surface area contributed by atoms with Gasteiger partial charge < -0.3 is 4.98 Å². The Balaban J connectivity index is 1.88. The van der Waals surface area contributed by atoms with Crippen LogP contribution in [0.1, 0.15) is 15.9 Å². The van der Waals surface area contributed by atoms with Crippen molar-refractivity contribution in [3.63, 3.8) is 0 Å². The third kappa shape index (κ3) is 2.73. The molecule has 0 aliphatic carbocycles. The summed E-state index contributed by atoms with van der Waals surface area (Å²) in [6.07, 6.45) is -1.83.